The number of rotatable bonds is 4. The molecule has 0 radical (unpaired) electrons. The van der Waals surface area contributed by atoms with Crippen molar-refractivity contribution < 1.29 is 0 Å². The molecule has 2 aromatic rings. The summed E-state index contributed by atoms with van der Waals surface area (Å²) in [4.78, 5) is 4.02. The zero-order chi connectivity index (χ0) is 13.5. The molecule has 2 rings (SSSR count). The molecule has 0 saturated carbocycles. The predicted molar refractivity (Wildman–Crippen MR) is 81.8 cm³/mol. The highest BCUT2D eigenvalue weighted by Gasteiger charge is 2.00. The summed E-state index contributed by atoms with van der Waals surface area (Å²) in [6.07, 6.45) is 6.90. The standard InChI is InChI=1S/C14H11Cl2N3/c15-12-9-13(16)14(17-10-12)19-18-8-4-7-11-5-2-1-3-6-11/h1-10H,(H,17,19)/b7-4+,18-8?. The number of nitrogens with zero attached hydrogens (tertiary/aromatic N) is 2. The number of hydrogen-bond acceptors (Lipinski definition) is 3. The first-order chi connectivity index (χ1) is 9.25. The van der Waals surface area contributed by atoms with E-state index in [0.717, 1.165) is 5.56 Å². The summed E-state index contributed by atoms with van der Waals surface area (Å²) in [5.41, 5.74) is 3.85. The van der Waals surface area contributed by atoms with Crippen molar-refractivity contribution in [3.05, 3.63) is 64.3 Å². The molecule has 96 valence electrons. The third kappa shape index (κ3) is 4.39. The van der Waals surface area contributed by atoms with E-state index in [1.165, 1.54) is 6.20 Å². The molecule has 1 heterocycles. The van der Waals surface area contributed by atoms with Crippen LogP contribution in [0.5, 0.6) is 0 Å². The van der Waals surface area contributed by atoms with Gasteiger partial charge in [0, 0.05) is 12.4 Å². The number of halogens is 2. The van der Waals surface area contributed by atoms with Crippen LogP contribution < -0.4 is 5.43 Å². The number of anilines is 1. The quantitative estimate of drug-likeness (QED) is 0.665. The molecule has 0 amide bonds. The Morgan fingerprint density at radius 1 is 1.16 bits per heavy atom. The summed E-state index contributed by atoms with van der Waals surface area (Å²) in [6.45, 7) is 0. The molecule has 0 saturated heterocycles. The zero-order valence-corrected chi connectivity index (χ0v) is 11.4. The number of benzene rings is 1. The third-order valence-electron chi connectivity index (χ3n) is 2.23. The minimum absolute atomic E-state index is 0.427. The van der Waals surface area contributed by atoms with Crippen molar-refractivity contribution in [1.29, 1.82) is 0 Å². The fraction of sp³-hybridized carbons (Fsp3) is 0. The molecule has 0 aliphatic heterocycles. The lowest BCUT2D eigenvalue weighted by Crippen LogP contribution is -1.92. The largest absolute Gasteiger partial charge is 0.260 e. The van der Waals surface area contributed by atoms with E-state index in [2.05, 4.69) is 15.5 Å². The maximum Gasteiger partial charge on any atom is 0.165 e. The van der Waals surface area contributed by atoms with Gasteiger partial charge < -0.3 is 0 Å². The van der Waals surface area contributed by atoms with E-state index in [1.54, 1.807) is 12.3 Å². The molecular weight excluding hydrogens is 281 g/mol. The van der Waals surface area contributed by atoms with Gasteiger partial charge in [0.2, 0.25) is 0 Å². The maximum atomic E-state index is 5.94. The molecule has 0 fully saturated rings. The second-order valence-electron chi connectivity index (χ2n) is 3.64. The summed E-state index contributed by atoms with van der Waals surface area (Å²) in [7, 11) is 0. The Bertz CT molecular complexity index is 595. The Morgan fingerprint density at radius 2 is 1.95 bits per heavy atom. The molecule has 3 nitrogen and oxygen atoms in total. The minimum atomic E-state index is 0.427. The molecule has 0 aliphatic carbocycles. The Hall–Kier alpha value is -1.84. The van der Waals surface area contributed by atoms with Crippen LogP contribution in [0.3, 0.4) is 0 Å². The van der Waals surface area contributed by atoms with Gasteiger partial charge in [-0.1, -0.05) is 59.6 Å². The van der Waals surface area contributed by atoms with Gasteiger partial charge in [-0.25, -0.2) is 4.98 Å². The Kier molecular flexibility index (Phi) is 4.95. The van der Waals surface area contributed by atoms with E-state index < -0.39 is 0 Å². The van der Waals surface area contributed by atoms with Crippen molar-refractivity contribution in [3.8, 4) is 0 Å². The molecule has 0 aliphatic rings. The van der Waals surface area contributed by atoms with E-state index in [9.17, 15) is 0 Å². The van der Waals surface area contributed by atoms with Crippen LogP contribution in [0.15, 0.2) is 53.8 Å². The summed E-state index contributed by atoms with van der Waals surface area (Å²) >= 11 is 11.7. The normalized spacial score (nSPS) is 11.3. The van der Waals surface area contributed by atoms with Crippen molar-refractivity contribution in [1.82, 2.24) is 4.98 Å². The fourth-order valence-corrected chi connectivity index (χ4v) is 1.78. The molecule has 1 aromatic carbocycles. The lowest BCUT2D eigenvalue weighted by atomic mass is 10.2. The molecular formula is C14H11Cl2N3. The highest BCUT2D eigenvalue weighted by molar-refractivity contribution is 6.35. The average molecular weight is 292 g/mol. The molecule has 0 atom stereocenters. The van der Waals surface area contributed by atoms with Crippen LogP contribution in [-0.2, 0) is 0 Å². The summed E-state index contributed by atoms with van der Waals surface area (Å²) in [5.74, 6) is 0.468. The lowest BCUT2D eigenvalue weighted by molar-refractivity contribution is 1.23. The van der Waals surface area contributed by atoms with Crippen LogP contribution in [0.4, 0.5) is 5.82 Å². The second kappa shape index (κ2) is 6.92. The number of pyridine rings is 1. The van der Waals surface area contributed by atoms with Crippen LogP contribution in [0.2, 0.25) is 10.0 Å². The first-order valence-corrected chi connectivity index (χ1v) is 6.33. The maximum absolute atomic E-state index is 5.94. The van der Waals surface area contributed by atoms with E-state index in [1.807, 2.05) is 42.5 Å². The summed E-state index contributed by atoms with van der Waals surface area (Å²) < 4.78 is 0. The Balaban J connectivity index is 1.92. The van der Waals surface area contributed by atoms with E-state index in [0.29, 0.717) is 15.9 Å². The van der Waals surface area contributed by atoms with Crippen LogP contribution in [-0.4, -0.2) is 11.2 Å². The lowest BCUT2D eigenvalue weighted by Gasteiger charge is -2.00. The molecule has 5 heteroatoms. The van der Waals surface area contributed by atoms with Gasteiger partial charge in [0.15, 0.2) is 5.82 Å². The van der Waals surface area contributed by atoms with Crippen molar-refractivity contribution in [2.24, 2.45) is 5.10 Å². The molecule has 1 N–H and O–H groups in total. The zero-order valence-electron chi connectivity index (χ0n) is 9.92. The number of hydrazone groups is 1. The summed E-state index contributed by atoms with van der Waals surface area (Å²) in [6, 6.07) is 11.6. The average Bonchev–Trinajstić information content (AvgIpc) is 2.42. The van der Waals surface area contributed by atoms with Gasteiger partial charge in [-0.3, -0.25) is 5.43 Å². The Labute approximate surface area is 121 Å². The van der Waals surface area contributed by atoms with Gasteiger partial charge in [0.1, 0.15) is 0 Å². The topological polar surface area (TPSA) is 37.3 Å². The van der Waals surface area contributed by atoms with Gasteiger partial charge >= 0.3 is 0 Å². The Morgan fingerprint density at radius 3 is 2.68 bits per heavy atom. The van der Waals surface area contributed by atoms with Crippen molar-refractivity contribution >= 4 is 41.3 Å². The van der Waals surface area contributed by atoms with Crippen molar-refractivity contribution in [2.75, 3.05) is 5.43 Å². The van der Waals surface area contributed by atoms with Gasteiger partial charge in [-0.15, -0.1) is 0 Å². The minimum Gasteiger partial charge on any atom is -0.260 e. The monoisotopic (exact) mass is 291 g/mol. The van der Waals surface area contributed by atoms with Crippen LogP contribution in [0.1, 0.15) is 5.56 Å². The third-order valence-corrected chi connectivity index (χ3v) is 2.72. The molecule has 19 heavy (non-hydrogen) atoms. The first-order valence-electron chi connectivity index (χ1n) is 5.57. The first kappa shape index (κ1) is 13.6. The molecule has 1 aromatic heterocycles. The second-order valence-corrected chi connectivity index (χ2v) is 4.49. The van der Waals surface area contributed by atoms with Gasteiger partial charge in [0.25, 0.3) is 0 Å². The van der Waals surface area contributed by atoms with Crippen LogP contribution in [0, 0.1) is 0 Å². The highest BCUT2D eigenvalue weighted by Crippen LogP contribution is 2.22. The molecule has 0 bridgehead atoms. The van der Waals surface area contributed by atoms with Gasteiger partial charge in [-0.05, 0) is 17.7 Å². The van der Waals surface area contributed by atoms with Gasteiger partial charge in [-0.2, -0.15) is 5.10 Å². The highest BCUT2D eigenvalue weighted by atomic mass is 35.5. The predicted octanol–water partition coefficient (Wildman–Crippen LogP) is 4.50. The van der Waals surface area contributed by atoms with Crippen molar-refractivity contribution in [2.45, 2.75) is 0 Å². The van der Waals surface area contributed by atoms with Gasteiger partial charge in [0.05, 0.1) is 10.0 Å². The summed E-state index contributed by atoms with van der Waals surface area (Å²) in [5, 5.41) is 4.91. The number of nitrogens with one attached hydrogen (secondary N) is 1. The smallest absolute Gasteiger partial charge is 0.165 e. The fourth-order valence-electron chi connectivity index (χ4n) is 1.36. The molecule has 0 unspecified atom stereocenters. The number of allylic oxidation sites excluding steroid dienone is 1. The van der Waals surface area contributed by atoms with Crippen molar-refractivity contribution in [3.63, 3.8) is 0 Å². The van der Waals surface area contributed by atoms with Crippen LogP contribution >= 0.6 is 23.2 Å². The van der Waals surface area contributed by atoms with E-state index in [4.69, 9.17) is 23.2 Å². The molecule has 0 spiro atoms. The van der Waals surface area contributed by atoms with E-state index in [-0.39, 0.29) is 0 Å². The SMILES string of the molecule is Clc1cnc(NN=C/C=C/c2ccccc2)c(Cl)c1. The van der Waals surface area contributed by atoms with E-state index >= 15 is 0 Å². The van der Waals surface area contributed by atoms with Crippen LogP contribution in [0.25, 0.3) is 6.08 Å². The number of aromatic nitrogens is 1. The number of hydrogen-bond donors (Lipinski definition) is 1.